The van der Waals surface area contributed by atoms with Gasteiger partial charge < -0.3 is 10.5 Å². The number of anilines is 1. The van der Waals surface area contributed by atoms with Crippen LogP contribution < -0.4 is 10.5 Å². The summed E-state index contributed by atoms with van der Waals surface area (Å²) in [6.07, 6.45) is -0.149. The molecule has 0 amide bonds. The van der Waals surface area contributed by atoms with Crippen LogP contribution in [0.5, 0.6) is 5.75 Å². The van der Waals surface area contributed by atoms with Crippen molar-refractivity contribution in [2.75, 3.05) is 12.8 Å². The average Bonchev–Trinajstić information content (AvgIpc) is 2.17. The third-order valence-electron chi connectivity index (χ3n) is 1.67. The molecule has 0 saturated heterocycles. The fourth-order valence-corrected chi connectivity index (χ4v) is 0.980. The molecule has 14 heavy (non-hydrogen) atoms. The maximum atomic E-state index is 13.0. The molecule has 0 spiro atoms. The number of halogens is 3. The molecule has 3 nitrogen and oxygen atoms in total. The normalized spacial score (nSPS) is 10.0. The van der Waals surface area contributed by atoms with E-state index in [4.69, 9.17) is 5.73 Å². The van der Waals surface area contributed by atoms with Crippen LogP contribution in [0.25, 0.3) is 0 Å². The predicted molar refractivity (Wildman–Crippen MR) is 42.7 cm³/mol. The Bertz CT molecular complexity index is 364. The van der Waals surface area contributed by atoms with Crippen LogP contribution in [0, 0.1) is 17.5 Å². The lowest BCUT2D eigenvalue weighted by atomic mass is 10.1. The zero-order valence-corrected chi connectivity index (χ0v) is 7.11. The van der Waals surface area contributed by atoms with Crippen LogP contribution in [0.2, 0.25) is 0 Å². The van der Waals surface area contributed by atoms with Crippen molar-refractivity contribution in [1.29, 1.82) is 0 Å². The van der Waals surface area contributed by atoms with E-state index < -0.39 is 34.5 Å². The second-order valence-electron chi connectivity index (χ2n) is 2.42. The standard InChI is InChI=1S/C8H6F3NO2/c1-14-8-6(11)4(9)3(2-13)5(10)7(8)12/h2H,12H2,1H3. The van der Waals surface area contributed by atoms with E-state index in [0.717, 1.165) is 7.11 Å². The summed E-state index contributed by atoms with van der Waals surface area (Å²) in [5.74, 6) is -5.15. The van der Waals surface area contributed by atoms with Gasteiger partial charge >= 0.3 is 0 Å². The van der Waals surface area contributed by atoms with Gasteiger partial charge in [0.25, 0.3) is 0 Å². The number of hydrogen-bond donors (Lipinski definition) is 1. The van der Waals surface area contributed by atoms with Crippen LogP contribution in [0.1, 0.15) is 10.4 Å². The Kier molecular flexibility index (Phi) is 2.64. The summed E-state index contributed by atoms with van der Waals surface area (Å²) >= 11 is 0. The molecule has 0 aliphatic heterocycles. The van der Waals surface area contributed by atoms with Crippen molar-refractivity contribution in [3.8, 4) is 5.75 Å². The van der Waals surface area contributed by atoms with Crippen LogP contribution in [0.3, 0.4) is 0 Å². The van der Waals surface area contributed by atoms with E-state index in [1.807, 2.05) is 0 Å². The SMILES string of the molecule is COc1c(N)c(F)c(C=O)c(F)c1F. The monoisotopic (exact) mass is 205 g/mol. The van der Waals surface area contributed by atoms with E-state index in [0.29, 0.717) is 0 Å². The quantitative estimate of drug-likeness (QED) is 0.452. The topological polar surface area (TPSA) is 52.3 Å². The zero-order valence-electron chi connectivity index (χ0n) is 7.11. The van der Waals surface area contributed by atoms with Gasteiger partial charge in [-0.2, -0.15) is 4.39 Å². The minimum atomic E-state index is -1.61. The number of nitrogens with two attached hydrogens (primary N) is 1. The highest BCUT2D eigenvalue weighted by Gasteiger charge is 2.23. The van der Waals surface area contributed by atoms with Gasteiger partial charge in [0.1, 0.15) is 5.69 Å². The molecule has 2 N–H and O–H groups in total. The molecule has 0 atom stereocenters. The fraction of sp³-hybridized carbons (Fsp3) is 0.125. The summed E-state index contributed by atoms with van der Waals surface area (Å²) in [7, 11) is 1.01. The Hall–Kier alpha value is -1.72. The van der Waals surface area contributed by atoms with E-state index in [-0.39, 0.29) is 6.29 Å². The van der Waals surface area contributed by atoms with Crippen molar-refractivity contribution in [3.63, 3.8) is 0 Å². The second-order valence-corrected chi connectivity index (χ2v) is 2.42. The van der Waals surface area contributed by atoms with Crippen molar-refractivity contribution in [2.24, 2.45) is 0 Å². The number of carbonyl (C=O) groups excluding carboxylic acids is 1. The Balaban J connectivity index is 3.63. The van der Waals surface area contributed by atoms with Gasteiger partial charge in [0.05, 0.1) is 12.7 Å². The Morgan fingerprint density at radius 1 is 1.21 bits per heavy atom. The average molecular weight is 205 g/mol. The first kappa shape index (κ1) is 10.4. The molecule has 0 aliphatic rings. The highest BCUT2D eigenvalue weighted by molar-refractivity contribution is 5.79. The van der Waals surface area contributed by atoms with Gasteiger partial charge in [-0.05, 0) is 0 Å². The number of hydrogen-bond acceptors (Lipinski definition) is 3. The number of benzene rings is 1. The highest BCUT2D eigenvalue weighted by Crippen LogP contribution is 2.32. The molecular formula is C8H6F3NO2. The lowest BCUT2D eigenvalue weighted by molar-refractivity contribution is 0.111. The highest BCUT2D eigenvalue weighted by atomic mass is 19.2. The molecule has 76 valence electrons. The molecule has 0 unspecified atom stereocenters. The Labute approximate surface area is 77.3 Å². The second kappa shape index (κ2) is 3.57. The van der Waals surface area contributed by atoms with Gasteiger partial charge in [0, 0.05) is 0 Å². The van der Waals surface area contributed by atoms with E-state index in [9.17, 15) is 18.0 Å². The summed E-state index contributed by atoms with van der Waals surface area (Å²) in [6.45, 7) is 0. The van der Waals surface area contributed by atoms with Gasteiger partial charge in [-0.15, -0.1) is 0 Å². The maximum Gasteiger partial charge on any atom is 0.203 e. The van der Waals surface area contributed by atoms with Crippen molar-refractivity contribution >= 4 is 12.0 Å². The summed E-state index contributed by atoms with van der Waals surface area (Å²) in [5.41, 5.74) is 3.30. The number of ether oxygens (including phenoxy) is 1. The lowest BCUT2D eigenvalue weighted by Crippen LogP contribution is -2.06. The molecule has 0 heterocycles. The predicted octanol–water partition coefficient (Wildman–Crippen LogP) is 1.51. The van der Waals surface area contributed by atoms with Crippen molar-refractivity contribution in [1.82, 2.24) is 0 Å². The van der Waals surface area contributed by atoms with Crippen LogP contribution in [-0.4, -0.2) is 13.4 Å². The summed E-state index contributed by atoms with van der Waals surface area (Å²) in [4.78, 5) is 10.2. The van der Waals surface area contributed by atoms with Crippen LogP contribution in [0.4, 0.5) is 18.9 Å². The van der Waals surface area contributed by atoms with Crippen molar-refractivity contribution in [2.45, 2.75) is 0 Å². The maximum absolute atomic E-state index is 13.0. The van der Waals surface area contributed by atoms with Crippen molar-refractivity contribution < 1.29 is 22.7 Å². The molecule has 0 radical (unpaired) electrons. The van der Waals surface area contributed by atoms with E-state index in [1.54, 1.807) is 0 Å². The fourth-order valence-electron chi connectivity index (χ4n) is 0.980. The van der Waals surface area contributed by atoms with Gasteiger partial charge in [0.15, 0.2) is 23.7 Å². The van der Waals surface area contributed by atoms with Crippen molar-refractivity contribution in [3.05, 3.63) is 23.0 Å². The molecule has 0 aromatic heterocycles. The first-order valence-electron chi connectivity index (χ1n) is 3.49. The number of methoxy groups -OCH3 is 1. The van der Waals surface area contributed by atoms with Gasteiger partial charge in [-0.1, -0.05) is 0 Å². The zero-order chi connectivity index (χ0) is 10.9. The minimum Gasteiger partial charge on any atom is -0.491 e. The lowest BCUT2D eigenvalue weighted by Gasteiger charge is -2.09. The molecule has 1 aromatic carbocycles. The van der Waals surface area contributed by atoms with Gasteiger partial charge in [-0.3, -0.25) is 4.79 Å². The third kappa shape index (κ3) is 1.28. The molecule has 0 bridgehead atoms. The number of aldehydes is 1. The molecule has 6 heteroatoms. The number of carbonyl (C=O) groups is 1. The van der Waals surface area contributed by atoms with E-state index in [2.05, 4.69) is 4.74 Å². The van der Waals surface area contributed by atoms with Gasteiger partial charge in [0.2, 0.25) is 5.82 Å². The molecule has 0 aliphatic carbocycles. The Morgan fingerprint density at radius 2 is 1.79 bits per heavy atom. The smallest absolute Gasteiger partial charge is 0.203 e. The van der Waals surface area contributed by atoms with Crippen LogP contribution in [-0.2, 0) is 0 Å². The third-order valence-corrected chi connectivity index (χ3v) is 1.67. The van der Waals surface area contributed by atoms with Crippen LogP contribution >= 0.6 is 0 Å². The summed E-state index contributed by atoms with van der Waals surface area (Å²) < 4.78 is 43.3. The van der Waals surface area contributed by atoms with E-state index in [1.165, 1.54) is 0 Å². The summed E-state index contributed by atoms with van der Waals surface area (Å²) in [5, 5.41) is 0. The Morgan fingerprint density at radius 3 is 2.21 bits per heavy atom. The largest absolute Gasteiger partial charge is 0.491 e. The summed E-state index contributed by atoms with van der Waals surface area (Å²) in [6, 6.07) is 0. The molecule has 0 fully saturated rings. The first-order valence-corrected chi connectivity index (χ1v) is 3.49. The number of nitrogen functional groups attached to an aromatic ring is 1. The molecule has 0 saturated carbocycles. The van der Waals surface area contributed by atoms with Crippen LogP contribution in [0.15, 0.2) is 0 Å². The molecular weight excluding hydrogens is 199 g/mol. The molecule has 1 aromatic rings. The first-order chi connectivity index (χ1) is 6.54. The molecule has 1 rings (SSSR count). The number of rotatable bonds is 2. The minimum absolute atomic E-state index is 0.149. The van der Waals surface area contributed by atoms with E-state index >= 15 is 0 Å². The van der Waals surface area contributed by atoms with Gasteiger partial charge in [-0.25, -0.2) is 8.78 Å².